The minimum absolute atomic E-state index is 0.00106. The van der Waals surface area contributed by atoms with Crippen molar-refractivity contribution in [3.05, 3.63) is 22.4 Å². The molecule has 130 valence electrons. The van der Waals surface area contributed by atoms with Crippen LogP contribution in [0.15, 0.2) is 17.5 Å². The van der Waals surface area contributed by atoms with Gasteiger partial charge in [-0.05, 0) is 25.3 Å². The van der Waals surface area contributed by atoms with Crippen LogP contribution in [0.5, 0.6) is 0 Å². The van der Waals surface area contributed by atoms with E-state index < -0.39 is 36.7 Å². The van der Waals surface area contributed by atoms with Gasteiger partial charge in [0.2, 0.25) is 5.91 Å². The van der Waals surface area contributed by atoms with Crippen molar-refractivity contribution in [2.45, 2.75) is 39.0 Å². The van der Waals surface area contributed by atoms with Crippen molar-refractivity contribution in [1.82, 2.24) is 5.32 Å². The van der Waals surface area contributed by atoms with Crippen molar-refractivity contribution in [1.29, 1.82) is 0 Å². The molecule has 0 saturated carbocycles. The van der Waals surface area contributed by atoms with Crippen LogP contribution < -0.4 is 11.1 Å². The second kappa shape index (κ2) is 8.78. The number of carbonyl (C=O) groups is 2. The number of amides is 2. The minimum Gasteiger partial charge on any atom is -0.444 e. The molecule has 0 aliphatic carbocycles. The second-order valence-electron chi connectivity index (χ2n) is 5.47. The number of primary amides is 1. The summed E-state index contributed by atoms with van der Waals surface area (Å²) in [7, 11) is 0. The maximum Gasteiger partial charge on any atom is 0.405 e. The van der Waals surface area contributed by atoms with Gasteiger partial charge >= 0.3 is 12.7 Å². The first-order chi connectivity index (χ1) is 10.7. The first-order valence-corrected chi connectivity index (χ1v) is 7.76. The van der Waals surface area contributed by atoms with Crippen molar-refractivity contribution in [2.24, 2.45) is 11.7 Å². The predicted octanol–water partition coefficient (Wildman–Crippen LogP) is 2.48. The van der Waals surface area contributed by atoms with E-state index in [1.807, 2.05) is 17.5 Å². The first-order valence-electron chi connectivity index (χ1n) is 6.88. The molecule has 0 aliphatic heterocycles. The summed E-state index contributed by atoms with van der Waals surface area (Å²) >= 11 is 1.46. The Morgan fingerprint density at radius 2 is 2.13 bits per heavy atom. The highest BCUT2D eigenvalue weighted by atomic mass is 32.1. The number of carbonyl (C=O) groups excluding carboxylic acids is 2. The molecule has 23 heavy (non-hydrogen) atoms. The van der Waals surface area contributed by atoms with Gasteiger partial charge in [-0.2, -0.15) is 8.78 Å². The number of thiophene rings is 1. The molecule has 1 aromatic rings. The summed E-state index contributed by atoms with van der Waals surface area (Å²) in [5.41, 5.74) is 3.88. The second-order valence-corrected chi connectivity index (χ2v) is 6.51. The number of nitrogens with one attached hydrogen (secondary N) is 1. The van der Waals surface area contributed by atoms with Gasteiger partial charge in [0.1, 0.15) is 5.60 Å². The van der Waals surface area contributed by atoms with Crippen molar-refractivity contribution in [3.8, 4) is 0 Å². The monoisotopic (exact) mass is 350 g/mol. The standard InChI is InChI=1S/C14H20F2N2O4S/c1-14(2,22-13(17)20)6-9(8-21-12(15)16)11(19)18-7-10-4-3-5-23-10/h3-5,9,12H,6-8H2,1-2H3,(H2,17,20)(H,18,19). The molecule has 1 aromatic heterocycles. The lowest BCUT2D eigenvalue weighted by molar-refractivity contribution is -0.152. The van der Waals surface area contributed by atoms with Crippen LogP contribution in [0.4, 0.5) is 13.6 Å². The van der Waals surface area contributed by atoms with E-state index in [0.717, 1.165) is 4.88 Å². The molecule has 9 heteroatoms. The number of halogens is 2. The van der Waals surface area contributed by atoms with Crippen LogP contribution in [0.2, 0.25) is 0 Å². The number of hydrogen-bond donors (Lipinski definition) is 2. The summed E-state index contributed by atoms with van der Waals surface area (Å²) in [5.74, 6) is -1.36. The molecule has 0 bridgehead atoms. The fourth-order valence-electron chi connectivity index (χ4n) is 2.06. The largest absolute Gasteiger partial charge is 0.444 e. The SMILES string of the molecule is CC(C)(CC(COC(F)F)C(=O)NCc1cccs1)OC(N)=O. The van der Waals surface area contributed by atoms with Gasteiger partial charge < -0.3 is 20.5 Å². The van der Waals surface area contributed by atoms with E-state index in [1.54, 1.807) is 13.8 Å². The predicted molar refractivity (Wildman–Crippen MR) is 81.0 cm³/mol. The molecule has 3 N–H and O–H groups in total. The maximum atomic E-state index is 12.3. The lowest BCUT2D eigenvalue weighted by Crippen LogP contribution is -2.40. The van der Waals surface area contributed by atoms with E-state index in [2.05, 4.69) is 10.1 Å². The molecule has 0 aliphatic rings. The van der Waals surface area contributed by atoms with Crippen LogP contribution in [0.1, 0.15) is 25.1 Å². The van der Waals surface area contributed by atoms with Crippen LogP contribution in [-0.4, -0.2) is 30.8 Å². The number of ether oxygens (including phenoxy) is 2. The van der Waals surface area contributed by atoms with Crippen molar-refractivity contribution >= 4 is 23.3 Å². The van der Waals surface area contributed by atoms with E-state index in [-0.39, 0.29) is 6.42 Å². The van der Waals surface area contributed by atoms with Gasteiger partial charge in [0.15, 0.2) is 0 Å². The molecule has 1 unspecified atom stereocenters. The van der Waals surface area contributed by atoms with Crippen LogP contribution >= 0.6 is 11.3 Å². The van der Waals surface area contributed by atoms with Gasteiger partial charge in [0.05, 0.1) is 19.1 Å². The van der Waals surface area contributed by atoms with Crippen molar-refractivity contribution in [2.75, 3.05) is 6.61 Å². The average molecular weight is 350 g/mol. The summed E-state index contributed by atoms with van der Waals surface area (Å²) < 4.78 is 33.6. The third-order valence-electron chi connectivity index (χ3n) is 2.93. The van der Waals surface area contributed by atoms with Gasteiger partial charge in [0.25, 0.3) is 0 Å². The Morgan fingerprint density at radius 3 is 2.65 bits per heavy atom. The summed E-state index contributed by atoms with van der Waals surface area (Å²) in [6.07, 6.45) is -0.999. The quantitative estimate of drug-likeness (QED) is 0.716. The Hall–Kier alpha value is -1.74. The molecular formula is C14H20F2N2O4S. The summed E-state index contributed by atoms with van der Waals surface area (Å²) in [5, 5.41) is 4.52. The Bertz CT molecular complexity index is 509. The van der Waals surface area contributed by atoms with Gasteiger partial charge in [0, 0.05) is 11.3 Å². The van der Waals surface area contributed by atoms with Crippen LogP contribution in [0.25, 0.3) is 0 Å². The lowest BCUT2D eigenvalue weighted by atomic mass is 9.93. The zero-order chi connectivity index (χ0) is 17.5. The minimum atomic E-state index is -2.98. The molecule has 0 saturated heterocycles. The summed E-state index contributed by atoms with van der Waals surface area (Å²) in [6.45, 7) is -0.0970. The molecule has 1 rings (SSSR count). The molecule has 0 spiro atoms. The molecule has 1 heterocycles. The van der Waals surface area contributed by atoms with E-state index in [4.69, 9.17) is 10.5 Å². The average Bonchev–Trinajstić information content (AvgIpc) is 2.92. The van der Waals surface area contributed by atoms with Gasteiger partial charge in [-0.15, -0.1) is 11.3 Å². The summed E-state index contributed by atoms with van der Waals surface area (Å²) in [4.78, 5) is 24.0. The molecule has 2 amide bonds. The Labute approximate surface area is 136 Å². The smallest absolute Gasteiger partial charge is 0.405 e. The van der Waals surface area contributed by atoms with E-state index >= 15 is 0 Å². The Balaban J connectivity index is 2.65. The highest BCUT2D eigenvalue weighted by Crippen LogP contribution is 2.22. The highest BCUT2D eigenvalue weighted by Gasteiger charge is 2.31. The number of alkyl halides is 2. The van der Waals surface area contributed by atoms with E-state index in [9.17, 15) is 18.4 Å². The van der Waals surface area contributed by atoms with Crippen LogP contribution in [-0.2, 0) is 20.8 Å². The normalized spacial score (nSPS) is 12.9. The molecular weight excluding hydrogens is 330 g/mol. The van der Waals surface area contributed by atoms with Gasteiger partial charge in [-0.25, -0.2) is 4.79 Å². The highest BCUT2D eigenvalue weighted by molar-refractivity contribution is 7.09. The van der Waals surface area contributed by atoms with E-state index in [1.165, 1.54) is 11.3 Å². The molecule has 0 radical (unpaired) electrons. The Morgan fingerprint density at radius 1 is 1.43 bits per heavy atom. The summed E-state index contributed by atoms with van der Waals surface area (Å²) in [6, 6.07) is 3.68. The number of rotatable bonds is 9. The fraction of sp³-hybridized carbons (Fsp3) is 0.571. The Kier molecular flexibility index (Phi) is 7.37. The number of nitrogens with two attached hydrogens (primary N) is 1. The first kappa shape index (κ1) is 19.3. The third kappa shape index (κ3) is 7.89. The van der Waals surface area contributed by atoms with Crippen LogP contribution in [0, 0.1) is 5.92 Å². The zero-order valence-corrected chi connectivity index (χ0v) is 13.7. The van der Waals surface area contributed by atoms with Crippen LogP contribution in [0.3, 0.4) is 0 Å². The number of hydrogen-bond acceptors (Lipinski definition) is 5. The zero-order valence-electron chi connectivity index (χ0n) is 12.9. The van der Waals surface area contributed by atoms with Crippen molar-refractivity contribution in [3.63, 3.8) is 0 Å². The molecule has 0 aromatic carbocycles. The molecule has 6 nitrogen and oxygen atoms in total. The van der Waals surface area contributed by atoms with Gasteiger partial charge in [-0.3, -0.25) is 4.79 Å². The molecule has 0 fully saturated rings. The topological polar surface area (TPSA) is 90.7 Å². The maximum absolute atomic E-state index is 12.3. The van der Waals surface area contributed by atoms with Crippen molar-refractivity contribution < 1.29 is 27.8 Å². The fourth-order valence-corrected chi connectivity index (χ4v) is 2.70. The lowest BCUT2D eigenvalue weighted by Gasteiger charge is -2.28. The van der Waals surface area contributed by atoms with Gasteiger partial charge in [-0.1, -0.05) is 6.07 Å². The van der Waals surface area contributed by atoms with E-state index in [0.29, 0.717) is 6.54 Å². The third-order valence-corrected chi connectivity index (χ3v) is 3.80. The molecule has 1 atom stereocenters.